The lowest BCUT2D eigenvalue weighted by Crippen LogP contribution is -1.81. The van der Waals surface area contributed by atoms with Crippen molar-refractivity contribution in [1.82, 2.24) is 0 Å². The minimum Gasteiger partial charge on any atom is -0.0683 e. The van der Waals surface area contributed by atoms with Gasteiger partial charge < -0.3 is 0 Å². The van der Waals surface area contributed by atoms with E-state index in [-0.39, 0.29) is 0 Å². The molecule has 0 aromatic carbocycles. The fraction of sp³-hybridized carbons (Fsp3) is 1.00. The fourth-order valence-corrected chi connectivity index (χ4v) is 0.577. The Morgan fingerprint density at radius 1 is 0.909 bits per heavy atom. The molecule has 0 radical (unpaired) electrons. The molecule has 0 heterocycles. The second-order valence-electron chi connectivity index (χ2n) is 2.89. The van der Waals surface area contributed by atoms with Gasteiger partial charge in [-0.2, -0.15) is 0 Å². The van der Waals surface area contributed by atoms with Crippen LogP contribution in [0.25, 0.3) is 0 Å². The Labute approximate surface area is 74.4 Å². The summed E-state index contributed by atoms with van der Waals surface area (Å²) >= 11 is 0. The van der Waals surface area contributed by atoms with E-state index in [2.05, 4.69) is 34.6 Å². The van der Waals surface area contributed by atoms with Gasteiger partial charge in [0, 0.05) is 0 Å². The molecule has 0 amide bonds. The highest BCUT2D eigenvalue weighted by Crippen LogP contribution is 2.00. The smallest absolute Gasteiger partial charge is 0.0471 e. The van der Waals surface area contributed by atoms with E-state index in [9.17, 15) is 0 Å². The normalized spacial score (nSPS) is 7.64. The van der Waals surface area contributed by atoms with E-state index in [1.165, 1.54) is 19.3 Å². The van der Waals surface area contributed by atoms with Crippen molar-refractivity contribution < 1.29 is 0 Å². The van der Waals surface area contributed by atoms with Crippen LogP contribution < -0.4 is 0 Å². The molecule has 0 aromatic rings. The molecule has 0 aromatic heterocycles. The van der Waals surface area contributed by atoms with Crippen LogP contribution in [0.15, 0.2) is 0 Å². The summed E-state index contributed by atoms with van der Waals surface area (Å²) in [6, 6.07) is 0. The standard InChI is InChI=1S/C6H14.C3H8.C2H6/c1-4-5-6(2)3;1-3-2;1-2/h6H,4-5H2,1-3H3;3H2,1-2H3;1-2H3. The third-order valence-electron chi connectivity index (χ3n) is 0.866. The van der Waals surface area contributed by atoms with Gasteiger partial charge in [-0.1, -0.05) is 67.7 Å². The molecule has 0 atom stereocenters. The van der Waals surface area contributed by atoms with Crippen molar-refractivity contribution in [1.29, 1.82) is 0 Å². The molecule has 0 bridgehead atoms. The van der Waals surface area contributed by atoms with E-state index in [4.69, 9.17) is 0 Å². The topological polar surface area (TPSA) is 0 Å². The summed E-state index contributed by atoms with van der Waals surface area (Å²) in [6.07, 6.45) is 3.96. The lowest BCUT2D eigenvalue weighted by molar-refractivity contribution is 0.576. The van der Waals surface area contributed by atoms with Crippen molar-refractivity contribution in [3.05, 3.63) is 0 Å². The highest BCUT2D eigenvalue weighted by molar-refractivity contribution is 4.38. The number of hydrogen-bond donors (Lipinski definition) is 0. The van der Waals surface area contributed by atoms with Gasteiger partial charge in [-0.25, -0.2) is 0 Å². The van der Waals surface area contributed by atoms with Gasteiger partial charge in [0.25, 0.3) is 0 Å². The highest BCUT2D eigenvalue weighted by Gasteiger charge is 1.85. The average Bonchev–Trinajstić information content (AvgIpc) is 1.93. The Balaban J connectivity index is -0.000000109. The van der Waals surface area contributed by atoms with Gasteiger partial charge in [-0.05, 0) is 5.92 Å². The molecule has 11 heavy (non-hydrogen) atoms. The molecule has 0 aliphatic carbocycles. The predicted molar refractivity (Wildman–Crippen MR) is 57.1 cm³/mol. The second kappa shape index (κ2) is 22.5. The first-order chi connectivity index (χ1) is 5.18. The first-order valence-corrected chi connectivity index (χ1v) is 5.18. The molecule has 0 aliphatic heterocycles. The Bertz CT molecular complexity index is 29.0. The first kappa shape index (κ1) is 17.2. The van der Waals surface area contributed by atoms with E-state index in [1.54, 1.807) is 0 Å². The molecule has 0 unspecified atom stereocenters. The van der Waals surface area contributed by atoms with Crippen LogP contribution in [0.4, 0.5) is 0 Å². The van der Waals surface area contributed by atoms with E-state index >= 15 is 0 Å². The highest BCUT2D eigenvalue weighted by atomic mass is 13.9. The number of rotatable bonds is 2. The molecule has 0 heteroatoms. The Kier molecular flexibility index (Phi) is 35.2. The van der Waals surface area contributed by atoms with Crippen LogP contribution in [0, 0.1) is 5.92 Å². The first-order valence-electron chi connectivity index (χ1n) is 5.18. The minimum atomic E-state index is 0.898. The lowest BCUT2D eigenvalue weighted by atomic mass is 10.1. The lowest BCUT2D eigenvalue weighted by Gasteiger charge is -1.95. The maximum atomic E-state index is 2.25. The molecular weight excluding hydrogens is 132 g/mol. The van der Waals surface area contributed by atoms with Crippen molar-refractivity contribution in [3.8, 4) is 0 Å². The summed E-state index contributed by atoms with van der Waals surface area (Å²) in [4.78, 5) is 0. The zero-order chi connectivity index (χ0) is 9.70. The van der Waals surface area contributed by atoms with Gasteiger partial charge in [-0.15, -0.1) is 0 Å². The third-order valence-corrected chi connectivity index (χ3v) is 0.866. The monoisotopic (exact) mass is 160 g/mol. The van der Waals surface area contributed by atoms with Crippen molar-refractivity contribution in [2.24, 2.45) is 5.92 Å². The zero-order valence-electron chi connectivity index (χ0n) is 9.70. The van der Waals surface area contributed by atoms with Gasteiger partial charge in [-0.3, -0.25) is 0 Å². The molecule has 0 aliphatic rings. The second-order valence-corrected chi connectivity index (χ2v) is 2.89. The Hall–Kier alpha value is 0. The van der Waals surface area contributed by atoms with Crippen molar-refractivity contribution in [3.63, 3.8) is 0 Å². The Morgan fingerprint density at radius 2 is 1.18 bits per heavy atom. The molecule has 0 spiro atoms. The van der Waals surface area contributed by atoms with Crippen molar-refractivity contribution in [2.45, 2.75) is 67.7 Å². The average molecular weight is 160 g/mol. The minimum absolute atomic E-state index is 0.898. The van der Waals surface area contributed by atoms with Gasteiger partial charge in [0.2, 0.25) is 0 Å². The maximum Gasteiger partial charge on any atom is -0.0471 e. The van der Waals surface area contributed by atoms with Crippen LogP contribution in [0.5, 0.6) is 0 Å². The predicted octanol–water partition coefficient (Wildman–Crippen LogP) is 4.89. The quantitative estimate of drug-likeness (QED) is 0.540. The van der Waals surface area contributed by atoms with Crippen LogP contribution in [-0.4, -0.2) is 0 Å². The van der Waals surface area contributed by atoms with Crippen LogP contribution in [0.2, 0.25) is 0 Å². The van der Waals surface area contributed by atoms with Crippen LogP contribution in [0.3, 0.4) is 0 Å². The van der Waals surface area contributed by atoms with Gasteiger partial charge in [0.1, 0.15) is 0 Å². The summed E-state index contributed by atoms with van der Waals surface area (Å²) in [5, 5.41) is 0. The van der Waals surface area contributed by atoms with Crippen molar-refractivity contribution in [2.75, 3.05) is 0 Å². The summed E-state index contributed by atoms with van der Waals surface area (Å²) in [6.45, 7) is 15.0. The van der Waals surface area contributed by atoms with Crippen molar-refractivity contribution >= 4 is 0 Å². The van der Waals surface area contributed by atoms with Crippen LogP contribution in [0.1, 0.15) is 67.7 Å². The summed E-state index contributed by atoms with van der Waals surface area (Å²) in [5.74, 6) is 0.898. The van der Waals surface area contributed by atoms with E-state index in [1.807, 2.05) is 13.8 Å². The van der Waals surface area contributed by atoms with Gasteiger partial charge in [0.15, 0.2) is 0 Å². The number of hydrogen-bond acceptors (Lipinski definition) is 0. The van der Waals surface area contributed by atoms with E-state index in [0.29, 0.717) is 0 Å². The van der Waals surface area contributed by atoms with Gasteiger partial charge in [0.05, 0.1) is 0 Å². The molecule has 0 fully saturated rings. The summed E-state index contributed by atoms with van der Waals surface area (Å²) < 4.78 is 0. The SMILES string of the molecule is CC.CCC.CCCC(C)C. The summed E-state index contributed by atoms with van der Waals surface area (Å²) in [5.41, 5.74) is 0. The molecule has 0 N–H and O–H groups in total. The fourth-order valence-electron chi connectivity index (χ4n) is 0.577. The van der Waals surface area contributed by atoms with E-state index < -0.39 is 0 Å². The molecule has 0 rings (SSSR count). The molecule has 72 valence electrons. The molecule has 0 saturated heterocycles. The largest absolute Gasteiger partial charge is 0.0683 e. The van der Waals surface area contributed by atoms with Gasteiger partial charge >= 0.3 is 0 Å². The van der Waals surface area contributed by atoms with Crippen LogP contribution >= 0.6 is 0 Å². The third kappa shape index (κ3) is 71.1. The maximum absolute atomic E-state index is 2.25. The molecule has 0 nitrogen and oxygen atoms in total. The summed E-state index contributed by atoms with van der Waals surface area (Å²) in [7, 11) is 0. The Morgan fingerprint density at radius 3 is 1.18 bits per heavy atom. The molecular formula is C11H28. The van der Waals surface area contributed by atoms with E-state index in [0.717, 1.165) is 5.92 Å². The van der Waals surface area contributed by atoms with Crippen LogP contribution in [-0.2, 0) is 0 Å². The molecule has 0 saturated carbocycles. The zero-order valence-corrected chi connectivity index (χ0v) is 9.70.